The van der Waals surface area contributed by atoms with Gasteiger partial charge in [0.15, 0.2) is 0 Å². The molecule has 1 nitrogen and oxygen atoms in total. The molecule has 0 aliphatic carbocycles. The van der Waals surface area contributed by atoms with Crippen LogP contribution in [0.25, 0.3) is 0 Å². The van der Waals surface area contributed by atoms with Crippen molar-refractivity contribution in [1.82, 2.24) is 0 Å². The predicted molar refractivity (Wildman–Crippen MR) is 57.5 cm³/mol. The van der Waals surface area contributed by atoms with Crippen molar-refractivity contribution in [2.75, 3.05) is 0 Å². The van der Waals surface area contributed by atoms with Crippen molar-refractivity contribution in [2.24, 2.45) is 0 Å². The van der Waals surface area contributed by atoms with Crippen molar-refractivity contribution in [3.63, 3.8) is 0 Å². The zero-order valence-corrected chi connectivity index (χ0v) is 9.94. The third-order valence-corrected chi connectivity index (χ3v) is 3.06. The minimum absolute atomic E-state index is 0.339. The van der Waals surface area contributed by atoms with Crippen LogP contribution in [-0.2, 0) is 5.41 Å². The van der Waals surface area contributed by atoms with E-state index in [1.54, 1.807) is 19.9 Å². The average molecular weight is 256 g/mol. The average Bonchev–Trinajstić information content (AvgIpc) is 2.11. The number of halogens is 2. The quantitative estimate of drug-likeness (QED) is 0.751. The highest BCUT2D eigenvalue weighted by molar-refractivity contribution is 9.10. The lowest BCUT2D eigenvalue weighted by Gasteiger charge is -2.17. The molecule has 0 heterocycles. The van der Waals surface area contributed by atoms with Crippen LogP contribution in [0.2, 0.25) is 0 Å². The van der Waals surface area contributed by atoms with Crippen molar-refractivity contribution >= 4 is 15.9 Å². The van der Waals surface area contributed by atoms with E-state index in [-0.39, 0.29) is 5.82 Å². The van der Waals surface area contributed by atoms with Gasteiger partial charge in [0.25, 0.3) is 0 Å². The van der Waals surface area contributed by atoms with Gasteiger partial charge in [-0.2, -0.15) is 5.26 Å². The Morgan fingerprint density at radius 3 is 2.50 bits per heavy atom. The van der Waals surface area contributed by atoms with E-state index in [1.165, 1.54) is 6.07 Å². The van der Waals surface area contributed by atoms with Gasteiger partial charge in [0.1, 0.15) is 5.82 Å². The molecule has 0 saturated heterocycles. The molecule has 0 unspecified atom stereocenters. The number of hydrogen-bond donors (Lipinski definition) is 0. The highest BCUT2D eigenvalue weighted by atomic mass is 79.9. The van der Waals surface area contributed by atoms with Gasteiger partial charge in [-0.15, -0.1) is 0 Å². The first-order valence-electron chi connectivity index (χ1n) is 4.26. The molecular weight excluding hydrogens is 245 g/mol. The Morgan fingerprint density at radius 2 is 2.00 bits per heavy atom. The molecule has 0 aliphatic rings. The van der Waals surface area contributed by atoms with Gasteiger partial charge in [0.2, 0.25) is 0 Å². The summed E-state index contributed by atoms with van der Waals surface area (Å²) < 4.78 is 14.3. The van der Waals surface area contributed by atoms with E-state index in [9.17, 15) is 4.39 Å². The van der Waals surface area contributed by atoms with Crippen LogP contribution in [0.5, 0.6) is 0 Å². The molecule has 0 saturated carbocycles. The summed E-state index contributed by atoms with van der Waals surface area (Å²) in [6.45, 7) is 5.29. The smallest absolute Gasteiger partial charge is 0.129 e. The fourth-order valence-electron chi connectivity index (χ4n) is 1.20. The SMILES string of the molecule is Cc1cc(C(C)(C)C#N)c(F)cc1Br. The maximum Gasteiger partial charge on any atom is 0.129 e. The lowest BCUT2D eigenvalue weighted by atomic mass is 9.85. The molecule has 14 heavy (non-hydrogen) atoms. The van der Waals surface area contributed by atoms with Gasteiger partial charge in [-0.25, -0.2) is 4.39 Å². The Kier molecular flexibility index (Phi) is 2.96. The molecular formula is C11H11BrFN. The van der Waals surface area contributed by atoms with Gasteiger partial charge in [-0.1, -0.05) is 22.0 Å². The standard InChI is InChI=1S/C11H11BrFN/c1-7-4-8(11(2,3)6-14)10(13)5-9(7)12/h4-5H,1-3H3. The summed E-state index contributed by atoms with van der Waals surface area (Å²) in [5.41, 5.74) is 0.598. The summed E-state index contributed by atoms with van der Waals surface area (Å²) in [5.74, 6) is -0.339. The van der Waals surface area contributed by atoms with E-state index >= 15 is 0 Å². The molecule has 0 atom stereocenters. The highest BCUT2D eigenvalue weighted by Crippen LogP contribution is 2.29. The number of hydrogen-bond acceptors (Lipinski definition) is 1. The third-order valence-electron chi connectivity index (χ3n) is 2.20. The normalized spacial score (nSPS) is 11.1. The molecule has 1 rings (SSSR count). The van der Waals surface area contributed by atoms with Gasteiger partial charge in [-0.3, -0.25) is 0 Å². The number of benzene rings is 1. The van der Waals surface area contributed by atoms with E-state index in [1.807, 2.05) is 6.92 Å². The van der Waals surface area contributed by atoms with Gasteiger partial charge >= 0.3 is 0 Å². The van der Waals surface area contributed by atoms with Crippen LogP contribution in [0, 0.1) is 24.1 Å². The highest BCUT2D eigenvalue weighted by Gasteiger charge is 2.24. The maximum atomic E-state index is 13.5. The number of nitrogens with zero attached hydrogens (tertiary/aromatic N) is 1. The van der Waals surface area contributed by atoms with E-state index in [0.717, 1.165) is 10.0 Å². The van der Waals surface area contributed by atoms with Crippen molar-refractivity contribution in [3.8, 4) is 6.07 Å². The first-order chi connectivity index (χ1) is 6.38. The zero-order valence-electron chi connectivity index (χ0n) is 8.36. The van der Waals surface area contributed by atoms with E-state index in [4.69, 9.17) is 5.26 Å². The fourth-order valence-corrected chi connectivity index (χ4v) is 1.51. The van der Waals surface area contributed by atoms with Crippen LogP contribution in [-0.4, -0.2) is 0 Å². The molecule has 0 spiro atoms. The Balaban J connectivity index is 3.38. The van der Waals surface area contributed by atoms with Crippen LogP contribution >= 0.6 is 15.9 Å². The molecule has 3 heteroatoms. The molecule has 0 aliphatic heterocycles. The topological polar surface area (TPSA) is 23.8 Å². The molecule has 1 aromatic carbocycles. The van der Waals surface area contributed by atoms with E-state index < -0.39 is 5.41 Å². The van der Waals surface area contributed by atoms with Gasteiger partial charge in [0.05, 0.1) is 11.5 Å². The predicted octanol–water partition coefficient (Wildman–Crippen LogP) is 3.70. The second-order valence-corrected chi connectivity index (χ2v) is 4.67. The van der Waals surface area contributed by atoms with E-state index in [0.29, 0.717) is 5.56 Å². The second-order valence-electron chi connectivity index (χ2n) is 3.82. The molecule has 0 bridgehead atoms. The Hall–Kier alpha value is -0.880. The number of rotatable bonds is 1. The van der Waals surface area contributed by atoms with Crippen molar-refractivity contribution in [1.29, 1.82) is 5.26 Å². The maximum absolute atomic E-state index is 13.5. The first-order valence-corrected chi connectivity index (χ1v) is 5.05. The van der Waals surface area contributed by atoms with Gasteiger partial charge in [0, 0.05) is 10.0 Å². The number of aryl methyl sites for hydroxylation is 1. The van der Waals surface area contributed by atoms with Crippen LogP contribution in [0.4, 0.5) is 4.39 Å². The van der Waals surface area contributed by atoms with Crippen LogP contribution in [0.15, 0.2) is 16.6 Å². The summed E-state index contributed by atoms with van der Waals surface area (Å²) in [5, 5.41) is 8.90. The Labute approximate surface area is 91.7 Å². The molecule has 74 valence electrons. The monoisotopic (exact) mass is 255 g/mol. The molecule has 0 fully saturated rings. The van der Waals surface area contributed by atoms with Gasteiger partial charge in [-0.05, 0) is 32.4 Å². The van der Waals surface area contributed by atoms with Crippen LogP contribution < -0.4 is 0 Å². The molecule has 1 aromatic rings. The number of nitriles is 1. The summed E-state index contributed by atoms with van der Waals surface area (Å²) in [6.07, 6.45) is 0. The molecule has 0 amide bonds. The summed E-state index contributed by atoms with van der Waals surface area (Å²) in [6, 6.07) is 5.21. The largest absolute Gasteiger partial charge is 0.207 e. The van der Waals surface area contributed by atoms with Crippen molar-refractivity contribution < 1.29 is 4.39 Å². The third kappa shape index (κ3) is 1.96. The van der Waals surface area contributed by atoms with Crippen molar-refractivity contribution in [2.45, 2.75) is 26.2 Å². The van der Waals surface area contributed by atoms with E-state index in [2.05, 4.69) is 22.0 Å². The molecule has 0 radical (unpaired) electrons. The first kappa shape index (κ1) is 11.2. The lowest BCUT2D eigenvalue weighted by Crippen LogP contribution is -2.16. The van der Waals surface area contributed by atoms with Crippen LogP contribution in [0.3, 0.4) is 0 Å². The lowest BCUT2D eigenvalue weighted by molar-refractivity contribution is 0.563. The van der Waals surface area contributed by atoms with Gasteiger partial charge < -0.3 is 0 Å². The summed E-state index contributed by atoms with van der Waals surface area (Å²) >= 11 is 3.25. The van der Waals surface area contributed by atoms with Crippen molar-refractivity contribution in [3.05, 3.63) is 33.5 Å². The second kappa shape index (κ2) is 3.70. The summed E-state index contributed by atoms with van der Waals surface area (Å²) in [4.78, 5) is 0. The molecule has 0 aromatic heterocycles. The van der Waals surface area contributed by atoms with Crippen LogP contribution in [0.1, 0.15) is 25.0 Å². The summed E-state index contributed by atoms with van der Waals surface area (Å²) in [7, 11) is 0. The molecule has 0 N–H and O–H groups in total. The zero-order chi connectivity index (χ0) is 10.9. The minimum Gasteiger partial charge on any atom is -0.207 e. The minimum atomic E-state index is -0.782. The Bertz CT molecular complexity index is 404. The Morgan fingerprint density at radius 1 is 1.43 bits per heavy atom. The fraction of sp³-hybridized carbons (Fsp3) is 0.364.